The van der Waals surface area contributed by atoms with Crippen LogP contribution in [0.25, 0.3) is 10.8 Å². The molecule has 3 heteroatoms. The monoisotopic (exact) mass is 342 g/mol. The Morgan fingerprint density at radius 2 is 1.57 bits per heavy atom. The predicted octanol–water partition coefficient (Wildman–Crippen LogP) is 5.45. The van der Waals surface area contributed by atoms with Crippen molar-refractivity contribution in [2.45, 2.75) is 13.0 Å². The van der Waals surface area contributed by atoms with Crippen LogP contribution < -0.4 is 4.74 Å². The molecule has 0 aliphatic heterocycles. The summed E-state index contributed by atoms with van der Waals surface area (Å²) < 4.78 is 6.73. The van der Waals surface area contributed by atoms with E-state index in [0.717, 1.165) is 26.9 Å². The highest BCUT2D eigenvalue weighted by atomic mass is 79.9. The second kappa shape index (κ2) is 5.88. The molecule has 3 aromatic rings. The third kappa shape index (κ3) is 3.09. The van der Waals surface area contributed by atoms with Crippen molar-refractivity contribution in [1.82, 2.24) is 0 Å². The zero-order valence-corrected chi connectivity index (χ0v) is 13.2. The molecule has 1 atom stereocenters. The van der Waals surface area contributed by atoms with Gasteiger partial charge < -0.3 is 9.84 Å². The summed E-state index contributed by atoms with van der Waals surface area (Å²) >= 11 is 3.46. The Morgan fingerprint density at radius 1 is 0.905 bits per heavy atom. The van der Waals surface area contributed by atoms with Crippen LogP contribution >= 0.6 is 15.9 Å². The number of halogens is 1. The van der Waals surface area contributed by atoms with E-state index < -0.39 is 6.10 Å². The minimum atomic E-state index is -0.505. The van der Waals surface area contributed by atoms with Gasteiger partial charge in [0.25, 0.3) is 0 Å². The molecule has 3 aromatic carbocycles. The van der Waals surface area contributed by atoms with E-state index in [4.69, 9.17) is 4.74 Å². The fraction of sp³-hybridized carbons (Fsp3) is 0.111. The van der Waals surface area contributed by atoms with Crippen molar-refractivity contribution < 1.29 is 9.84 Å². The van der Waals surface area contributed by atoms with Gasteiger partial charge in [-0.15, -0.1) is 0 Å². The Kier molecular flexibility index (Phi) is 3.95. The van der Waals surface area contributed by atoms with E-state index in [2.05, 4.69) is 28.1 Å². The first kappa shape index (κ1) is 14.1. The molecule has 106 valence electrons. The Bertz CT molecular complexity index is 781. The number of hydrogen-bond acceptors (Lipinski definition) is 2. The van der Waals surface area contributed by atoms with Crippen LogP contribution in [0.15, 0.2) is 65.1 Å². The molecule has 0 bridgehead atoms. The summed E-state index contributed by atoms with van der Waals surface area (Å²) in [6.45, 7) is 1.74. The number of ether oxygens (including phenoxy) is 1. The van der Waals surface area contributed by atoms with Crippen molar-refractivity contribution in [1.29, 1.82) is 0 Å². The molecular weight excluding hydrogens is 328 g/mol. The maximum absolute atomic E-state index is 9.63. The molecule has 0 saturated heterocycles. The van der Waals surface area contributed by atoms with Gasteiger partial charge in [0.15, 0.2) is 0 Å². The summed E-state index contributed by atoms with van der Waals surface area (Å²) in [5.41, 5.74) is 0.848. The molecular formula is C18H15BrO2. The summed E-state index contributed by atoms with van der Waals surface area (Å²) in [5.74, 6) is 1.53. The van der Waals surface area contributed by atoms with E-state index in [1.54, 1.807) is 6.92 Å². The average Bonchev–Trinajstić information content (AvgIpc) is 2.47. The van der Waals surface area contributed by atoms with Gasteiger partial charge in [0.1, 0.15) is 11.5 Å². The first-order chi connectivity index (χ1) is 10.1. The molecule has 0 aliphatic carbocycles. The molecule has 0 fully saturated rings. The molecule has 0 heterocycles. The van der Waals surface area contributed by atoms with Crippen LogP contribution in [0.4, 0.5) is 0 Å². The van der Waals surface area contributed by atoms with Crippen LogP contribution in [0.2, 0.25) is 0 Å². The summed E-state index contributed by atoms with van der Waals surface area (Å²) in [6, 6.07) is 19.8. The van der Waals surface area contributed by atoms with Gasteiger partial charge in [-0.05, 0) is 47.5 Å². The number of aliphatic hydroxyl groups excluding tert-OH is 1. The molecule has 0 aromatic heterocycles. The van der Waals surface area contributed by atoms with E-state index >= 15 is 0 Å². The normalized spacial score (nSPS) is 12.3. The van der Waals surface area contributed by atoms with Gasteiger partial charge >= 0.3 is 0 Å². The van der Waals surface area contributed by atoms with Crippen LogP contribution in [0.5, 0.6) is 11.5 Å². The molecule has 0 aliphatic rings. The van der Waals surface area contributed by atoms with Crippen molar-refractivity contribution in [2.24, 2.45) is 0 Å². The van der Waals surface area contributed by atoms with E-state index in [9.17, 15) is 5.11 Å². The average molecular weight is 343 g/mol. The van der Waals surface area contributed by atoms with Crippen molar-refractivity contribution in [3.63, 3.8) is 0 Å². The third-order valence-corrected chi connectivity index (χ3v) is 4.07. The van der Waals surface area contributed by atoms with Crippen molar-refractivity contribution in [3.8, 4) is 11.5 Å². The minimum absolute atomic E-state index is 0.505. The number of hydrogen-bond donors (Lipinski definition) is 1. The lowest BCUT2D eigenvalue weighted by molar-refractivity contribution is 0.198. The van der Waals surface area contributed by atoms with E-state index in [0.29, 0.717) is 0 Å². The first-order valence-electron chi connectivity index (χ1n) is 6.77. The zero-order chi connectivity index (χ0) is 14.8. The van der Waals surface area contributed by atoms with Crippen LogP contribution in [0.1, 0.15) is 18.6 Å². The molecule has 0 unspecified atom stereocenters. The standard InChI is InChI=1S/C18H15BrO2/c1-12(20)17-9-8-16(11-18(17)19)21-15-7-6-13-4-2-3-5-14(13)10-15/h2-12,20H,1H3/t12-/m0/s1. The van der Waals surface area contributed by atoms with Crippen LogP contribution in [0, 0.1) is 0 Å². The van der Waals surface area contributed by atoms with Crippen molar-refractivity contribution in [3.05, 3.63) is 70.7 Å². The second-order valence-corrected chi connectivity index (χ2v) is 5.82. The molecule has 0 spiro atoms. The lowest BCUT2D eigenvalue weighted by Crippen LogP contribution is -1.93. The Balaban J connectivity index is 1.89. The largest absolute Gasteiger partial charge is 0.457 e. The number of benzene rings is 3. The molecule has 0 saturated carbocycles. The summed E-state index contributed by atoms with van der Waals surface area (Å²) in [7, 11) is 0. The van der Waals surface area contributed by atoms with Gasteiger partial charge in [-0.3, -0.25) is 0 Å². The molecule has 21 heavy (non-hydrogen) atoms. The smallest absolute Gasteiger partial charge is 0.128 e. The summed E-state index contributed by atoms with van der Waals surface area (Å²) in [4.78, 5) is 0. The molecule has 1 N–H and O–H groups in total. The maximum Gasteiger partial charge on any atom is 0.128 e. The molecule has 0 radical (unpaired) electrons. The van der Waals surface area contributed by atoms with Gasteiger partial charge in [-0.2, -0.15) is 0 Å². The Morgan fingerprint density at radius 3 is 2.29 bits per heavy atom. The van der Waals surface area contributed by atoms with Crippen molar-refractivity contribution in [2.75, 3.05) is 0 Å². The minimum Gasteiger partial charge on any atom is -0.457 e. The Labute approximate surface area is 132 Å². The topological polar surface area (TPSA) is 29.5 Å². The molecule has 0 amide bonds. The molecule has 3 rings (SSSR count). The van der Waals surface area contributed by atoms with Gasteiger partial charge in [0, 0.05) is 4.47 Å². The fourth-order valence-electron chi connectivity index (χ4n) is 2.28. The second-order valence-electron chi connectivity index (χ2n) is 4.97. The number of fused-ring (bicyclic) bond motifs is 1. The highest BCUT2D eigenvalue weighted by Gasteiger charge is 2.08. The Hall–Kier alpha value is -1.84. The maximum atomic E-state index is 9.63. The zero-order valence-electron chi connectivity index (χ0n) is 11.6. The third-order valence-electron chi connectivity index (χ3n) is 3.38. The summed E-state index contributed by atoms with van der Waals surface area (Å²) in [6.07, 6.45) is -0.505. The molecule has 2 nitrogen and oxygen atoms in total. The first-order valence-corrected chi connectivity index (χ1v) is 7.57. The van der Waals surface area contributed by atoms with Crippen molar-refractivity contribution >= 4 is 26.7 Å². The van der Waals surface area contributed by atoms with Crippen LogP contribution in [0.3, 0.4) is 0 Å². The van der Waals surface area contributed by atoms with Gasteiger partial charge in [0.2, 0.25) is 0 Å². The summed E-state index contributed by atoms with van der Waals surface area (Å²) in [5, 5.41) is 12.0. The lowest BCUT2D eigenvalue weighted by atomic mass is 10.1. The van der Waals surface area contributed by atoms with E-state index in [-0.39, 0.29) is 0 Å². The lowest BCUT2D eigenvalue weighted by Gasteiger charge is -2.11. The van der Waals surface area contributed by atoms with E-state index in [1.807, 2.05) is 48.5 Å². The quantitative estimate of drug-likeness (QED) is 0.685. The number of rotatable bonds is 3. The van der Waals surface area contributed by atoms with Gasteiger partial charge in [0.05, 0.1) is 6.10 Å². The van der Waals surface area contributed by atoms with E-state index in [1.165, 1.54) is 5.39 Å². The van der Waals surface area contributed by atoms with Gasteiger partial charge in [-0.1, -0.05) is 52.3 Å². The SMILES string of the molecule is C[C@H](O)c1ccc(Oc2ccc3ccccc3c2)cc1Br. The number of aliphatic hydroxyl groups is 1. The van der Waals surface area contributed by atoms with Crippen LogP contribution in [-0.4, -0.2) is 5.11 Å². The fourth-order valence-corrected chi connectivity index (χ4v) is 2.97. The highest BCUT2D eigenvalue weighted by Crippen LogP contribution is 2.31. The highest BCUT2D eigenvalue weighted by molar-refractivity contribution is 9.10. The van der Waals surface area contributed by atoms with Gasteiger partial charge in [-0.25, -0.2) is 0 Å². The predicted molar refractivity (Wildman–Crippen MR) is 88.8 cm³/mol. The van der Waals surface area contributed by atoms with Crippen LogP contribution in [-0.2, 0) is 0 Å².